The third-order valence-corrected chi connectivity index (χ3v) is 4.88. The molecule has 7 nitrogen and oxygen atoms in total. The van der Waals surface area contributed by atoms with Crippen molar-refractivity contribution in [3.05, 3.63) is 59.1 Å². The predicted octanol–water partition coefficient (Wildman–Crippen LogP) is 3.34. The van der Waals surface area contributed by atoms with Crippen LogP contribution in [-0.4, -0.2) is 32.2 Å². The maximum atomic E-state index is 12.3. The van der Waals surface area contributed by atoms with Crippen molar-refractivity contribution in [3.8, 4) is 11.4 Å². The molecule has 0 spiro atoms. The van der Waals surface area contributed by atoms with Gasteiger partial charge in [0.05, 0.1) is 5.25 Å². The van der Waals surface area contributed by atoms with Crippen molar-refractivity contribution in [2.75, 3.05) is 5.32 Å². The number of aromatic nitrogens is 3. The van der Waals surface area contributed by atoms with Crippen molar-refractivity contribution in [2.45, 2.75) is 17.3 Å². The smallest absolute Gasteiger partial charge is 0.248 e. The summed E-state index contributed by atoms with van der Waals surface area (Å²) in [4.78, 5) is 27.8. The lowest BCUT2D eigenvalue weighted by Crippen LogP contribution is -2.22. The van der Waals surface area contributed by atoms with Crippen LogP contribution in [0.1, 0.15) is 17.3 Å². The Labute approximate surface area is 164 Å². The first-order valence-electron chi connectivity index (χ1n) is 7.98. The Bertz CT molecular complexity index is 957. The van der Waals surface area contributed by atoms with Gasteiger partial charge in [-0.3, -0.25) is 14.7 Å². The molecule has 0 saturated carbocycles. The summed E-state index contributed by atoms with van der Waals surface area (Å²) in [6.45, 7) is 1.76. The van der Waals surface area contributed by atoms with Crippen LogP contribution in [0.15, 0.2) is 53.7 Å². The molecule has 4 N–H and O–H groups in total. The fourth-order valence-electron chi connectivity index (χ4n) is 2.21. The normalized spacial score (nSPS) is 11.8. The number of halogens is 1. The van der Waals surface area contributed by atoms with Gasteiger partial charge in [-0.1, -0.05) is 23.4 Å². The van der Waals surface area contributed by atoms with E-state index < -0.39 is 11.2 Å². The number of nitrogens with one attached hydrogen (secondary N) is 2. The van der Waals surface area contributed by atoms with E-state index in [0.29, 0.717) is 27.3 Å². The van der Waals surface area contributed by atoms with E-state index in [2.05, 4.69) is 20.5 Å². The van der Waals surface area contributed by atoms with Gasteiger partial charge in [-0.15, -0.1) is 5.10 Å². The molecule has 0 aliphatic rings. The molecule has 0 saturated heterocycles. The number of aromatic amines is 1. The first-order valence-corrected chi connectivity index (χ1v) is 9.24. The summed E-state index contributed by atoms with van der Waals surface area (Å²) < 4.78 is 0. The van der Waals surface area contributed by atoms with Crippen LogP contribution in [0.3, 0.4) is 0 Å². The lowest BCUT2D eigenvalue weighted by Gasteiger charge is -2.10. The zero-order valence-corrected chi connectivity index (χ0v) is 15.8. The lowest BCUT2D eigenvalue weighted by molar-refractivity contribution is -0.115. The first kappa shape index (κ1) is 18.9. The lowest BCUT2D eigenvalue weighted by atomic mass is 10.2. The van der Waals surface area contributed by atoms with Crippen LogP contribution in [-0.2, 0) is 4.79 Å². The molecule has 9 heteroatoms. The van der Waals surface area contributed by atoms with E-state index in [1.54, 1.807) is 43.3 Å². The predicted molar refractivity (Wildman–Crippen MR) is 106 cm³/mol. The third kappa shape index (κ3) is 4.87. The van der Waals surface area contributed by atoms with Crippen LogP contribution >= 0.6 is 23.4 Å². The SMILES string of the molecule is CC(Sc1n[nH]c(-c2ccc(Cl)cc2)n1)C(=O)Nc1ccc(C(N)=O)cc1. The number of primary amides is 1. The van der Waals surface area contributed by atoms with Crippen molar-refractivity contribution < 1.29 is 9.59 Å². The highest BCUT2D eigenvalue weighted by atomic mass is 35.5. The van der Waals surface area contributed by atoms with Crippen LogP contribution in [0.5, 0.6) is 0 Å². The second-order valence-corrected chi connectivity index (χ2v) is 7.41. The molecule has 138 valence electrons. The third-order valence-electron chi connectivity index (χ3n) is 3.67. The van der Waals surface area contributed by atoms with E-state index in [-0.39, 0.29) is 5.91 Å². The average Bonchev–Trinajstić information content (AvgIpc) is 3.11. The number of hydrogen-bond donors (Lipinski definition) is 3. The Morgan fingerprint density at radius 3 is 2.44 bits per heavy atom. The molecule has 0 radical (unpaired) electrons. The molecule has 2 aromatic carbocycles. The second-order valence-electron chi connectivity index (χ2n) is 5.66. The number of carbonyl (C=O) groups excluding carboxylic acids is 2. The number of rotatable bonds is 6. The molecule has 27 heavy (non-hydrogen) atoms. The number of benzene rings is 2. The van der Waals surface area contributed by atoms with Crippen LogP contribution in [0.4, 0.5) is 5.69 Å². The van der Waals surface area contributed by atoms with Crippen molar-refractivity contribution >= 4 is 40.9 Å². The summed E-state index contributed by atoms with van der Waals surface area (Å²) in [7, 11) is 0. The fourth-order valence-corrected chi connectivity index (χ4v) is 3.06. The molecule has 3 rings (SSSR count). The molecule has 1 unspecified atom stereocenters. The second kappa shape index (κ2) is 8.24. The van der Waals surface area contributed by atoms with Gasteiger partial charge in [-0.2, -0.15) is 0 Å². The van der Waals surface area contributed by atoms with Crippen LogP contribution in [0.25, 0.3) is 11.4 Å². The maximum absolute atomic E-state index is 12.3. The van der Waals surface area contributed by atoms with Crippen LogP contribution in [0.2, 0.25) is 5.02 Å². The zero-order chi connectivity index (χ0) is 19.4. The van der Waals surface area contributed by atoms with Gasteiger partial charge in [-0.05, 0) is 55.5 Å². The number of hydrogen-bond acceptors (Lipinski definition) is 5. The number of anilines is 1. The minimum Gasteiger partial charge on any atom is -0.366 e. The molecular formula is C18H16ClN5O2S. The topological polar surface area (TPSA) is 114 Å². The quantitative estimate of drug-likeness (QED) is 0.548. The van der Waals surface area contributed by atoms with E-state index >= 15 is 0 Å². The number of nitrogens with zero attached hydrogens (tertiary/aromatic N) is 2. The highest BCUT2D eigenvalue weighted by Gasteiger charge is 2.18. The minimum absolute atomic E-state index is 0.204. The molecule has 2 amide bonds. The summed E-state index contributed by atoms with van der Waals surface area (Å²) in [6, 6.07) is 13.6. The monoisotopic (exact) mass is 401 g/mol. The van der Waals surface area contributed by atoms with Gasteiger partial charge in [0.1, 0.15) is 0 Å². The van der Waals surface area contributed by atoms with Crippen LogP contribution in [0, 0.1) is 0 Å². The van der Waals surface area contributed by atoms with Gasteiger partial charge in [0.2, 0.25) is 17.0 Å². The summed E-state index contributed by atoms with van der Waals surface area (Å²) in [5.74, 6) is -0.119. The summed E-state index contributed by atoms with van der Waals surface area (Å²) in [5.41, 5.74) is 7.01. The molecule has 0 bridgehead atoms. The van der Waals surface area contributed by atoms with E-state index in [4.69, 9.17) is 17.3 Å². The Morgan fingerprint density at radius 2 is 1.81 bits per heavy atom. The van der Waals surface area contributed by atoms with Gasteiger partial charge in [0.25, 0.3) is 0 Å². The summed E-state index contributed by atoms with van der Waals surface area (Å²) in [5, 5.41) is 10.5. The summed E-state index contributed by atoms with van der Waals surface area (Å²) >= 11 is 7.11. The Hall–Kier alpha value is -2.84. The molecule has 0 aliphatic carbocycles. The van der Waals surface area contributed by atoms with E-state index in [1.807, 2.05) is 12.1 Å². The van der Waals surface area contributed by atoms with Gasteiger partial charge >= 0.3 is 0 Å². The largest absolute Gasteiger partial charge is 0.366 e. The van der Waals surface area contributed by atoms with E-state index in [1.165, 1.54) is 11.8 Å². The van der Waals surface area contributed by atoms with Gasteiger partial charge in [0.15, 0.2) is 5.82 Å². The number of carbonyl (C=O) groups is 2. The maximum Gasteiger partial charge on any atom is 0.248 e. The standard InChI is InChI=1S/C18H16ClN5O2S/c1-10(17(26)21-14-8-4-11(5-9-14)15(20)25)27-18-22-16(23-24-18)12-2-6-13(19)7-3-12/h2-10H,1H3,(H2,20,25)(H,21,26)(H,22,23,24). The fraction of sp³-hybridized carbons (Fsp3) is 0.111. The van der Waals surface area contributed by atoms with Crippen molar-refractivity contribution in [2.24, 2.45) is 5.73 Å². The Morgan fingerprint density at radius 1 is 1.15 bits per heavy atom. The van der Waals surface area contributed by atoms with Crippen molar-refractivity contribution in [3.63, 3.8) is 0 Å². The van der Waals surface area contributed by atoms with Gasteiger partial charge < -0.3 is 11.1 Å². The first-order chi connectivity index (χ1) is 12.9. The molecule has 1 heterocycles. The van der Waals surface area contributed by atoms with E-state index in [9.17, 15) is 9.59 Å². The molecule has 3 aromatic rings. The molecule has 1 aromatic heterocycles. The van der Waals surface area contributed by atoms with Crippen molar-refractivity contribution in [1.29, 1.82) is 0 Å². The highest BCUT2D eigenvalue weighted by Crippen LogP contribution is 2.24. The highest BCUT2D eigenvalue weighted by molar-refractivity contribution is 8.00. The molecule has 0 aliphatic heterocycles. The van der Waals surface area contributed by atoms with Gasteiger partial charge in [0, 0.05) is 21.8 Å². The molecule has 0 fully saturated rings. The summed E-state index contributed by atoms with van der Waals surface area (Å²) in [6.07, 6.45) is 0. The van der Waals surface area contributed by atoms with E-state index in [0.717, 1.165) is 5.56 Å². The number of thioether (sulfide) groups is 1. The van der Waals surface area contributed by atoms with Gasteiger partial charge in [-0.25, -0.2) is 4.98 Å². The number of nitrogens with two attached hydrogens (primary N) is 1. The number of H-pyrrole nitrogens is 1. The van der Waals surface area contributed by atoms with Crippen molar-refractivity contribution in [1.82, 2.24) is 15.2 Å². The zero-order valence-electron chi connectivity index (χ0n) is 14.3. The molecular weight excluding hydrogens is 386 g/mol. The Kier molecular flexibility index (Phi) is 5.78. The number of amides is 2. The average molecular weight is 402 g/mol. The molecule has 1 atom stereocenters. The Balaban J connectivity index is 1.61. The minimum atomic E-state index is -0.516. The van der Waals surface area contributed by atoms with Crippen LogP contribution < -0.4 is 11.1 Å².